The van der Waals surface area contributed by atoms with Crippen molar-refractivity contribution >= 4 is 0 Å². The Labute approximate surface area is 69.5 Å². The van der Waals surface area contributed by atoms with E-state index in [4.69, 9.17) is 4.74 Å². The summed E-state index contributed by atoms with van der Waals surface area (Å²) in [5, 5.41) is 6.49. The molecule has 68 valence electrons. The standard InChI is InChI=1S/C8H20N2O/c1-8(7-9-2)10-5-4-6-11-3/h8-10H,4-7H2,1-3H3. The minimum Gasteiger partial charge on any atom is -0.385 e. The van der Waals surface area contributed by atoms with Crippen LogP contribution in [0.25, 0.3) is 0 Å². The maximum atomic E-state index is 4.93. The van der Waals surface area contributed by atoms with Gasteiger partial charge in [-0.3, -0.25) is 0 Å². The van der Waals surface area contributed by atoms with E-state index < -0.39 is 0 Å². The van der Waals surface area contributed by atoms with Crippen LogP contribution in [0.2, 0.25) is 0 Å². The summed E-state index contributed by atoms with van der Waals surface area (Å²) in [7, 11) is 3.70. The van der Waals surface area contributed by atoms with Gasteiger partial charge < -0.3 is 15.4 Å². The Morgan fingerprint density at radius 2 is 2.18 bits per heavy atom. The zero-order valence-electron chi connectivity index (χ0n) is 7.81. The summed E-state index contributed by atoms with van der Waals surface area (Å²) in [6.07, 6.45) is 1.09. The fourth-order valence-electron chi connectivity index (χ4n) is 0.943. The van der Waals surface area contributed by atoms with Crippen LogP contribution in [0.15, 0.2) is 0 Å². The molecule has 0 fully saturated rings. The highest BCUT2D eigenvalue weighted by atomic mass is 16.5. The van der Waals surface area contributed by atoms with E-state index in [2.05, 4.69) is 17.6 Å². The van der Waals surface area contributed by atoms with Crippen LogP contribution in [0.5, 0.6) is 0 Å². The Balaban J connectivity index is 2.97. The summed E-state index contributed by atoms with van der Waals surface area (Å²) < 4.78 is 4.93. The van der Waals surface area contributed by atoms with Gasteiger partial charge in [0.1, 0.15) is 0 Å². The van der Waals surface area contributed by atoms with Crippen molar-refractivity contribution in [3.05, 3.63) is 0 Å². The Kier molecular flexibility index (Phi) is 7.89. The van der Waals surface area contributed by atoms with E-state index in [9.17, 15) is 0 Å². The van der Waals surface area contributed by atoms with Gasteiger partial charge >= 0.3 is 0 Å². The Bertz CT molecular complexity index is 78.5. The van der Waals surface area contributed by atoms with Crippen LogP contribution >= 0.6 is 0 Å². The van der Waals surface area contributed by atoms with E-state index >= 15 is 0 Å². The van der Waals surface area contributed by atoms with Crippen molar-refractivity contribution in [1.29, 1.82) is 0 Å². The van der Waals surface area contributed by atoms with E-state index in [0.29, 0.717) is 6.04 Å². The molecule has 0 aliphatic carbocycles. The molecule has 3 heteroatoms. The molecule has 1 unspecified atom stereocenters. The van der Waals surface area contributed by atoms with Crippen molar-refractivity contribution < 1.29 is 4.74 Å². The smallest absolute Gasteiger partial charge is 0.0474 e. The van der Waals surface area contributed by atoms with Crippen molar-refractivity contribution in [2.45, 2.75) is 19.4 Å². The van der Waals surface area contributed by atoms with Crippen LogP contribution < -0.4 is 10.6 Å². The first-order valence-corrected chi connectivity index (χ1v) is 4.18. The summed E-state index contributed by atoms with van der Waals surface area (Å²) in [4.78, 5) is 0. The summed E-state index contributed by atoms with van der Waals surface area (Å²) in [6, 6.07) is 0.553. The van der Waals surface area contributed by atoms with Crippen molar-refractivity contribution in [3.63, 3.8) is 0 Å². The summed E-state index contributed by atoms with van der Waals surface area (Å²) in [5.41, 5.74) is 0. The molecule has 0 aliphatic heterocycles. The second-order valence-electron chi connectivity index (χ2n) is 2.76. The maximum Gasteiger partial charge on any atom is 0.0474 e. The van der Waals surface area contributed by atoms with Crippen LogP contribution in [0.4, 0.5) is 0 Å². The summed E-state index contributed by atoms with van der Waals surface area (Å²) >= 11 is 0. The van der Waals surface area contributed by atoms with Gasteiger partial charge in [-0.1, -0.05) is 0 Å². The number of nitrogens with one attached hydrogen (secondary N) is 2. The lowest BCUT2D eigenvalue weighted by molar-refractivity contribution is 0.193. The number of hydrogen-bond donors (Lipinski definition) is 2. The predicted molar refractivity (Wildman–Crippen MR) is 47.9 cm³/mol. The minimum atomic E-state index is 0.553. The third-order valence-corrected chi connectivity index (χ3v) is 1.53. The first-order valence-electron chi connectivity index (χ1n) is 4.18. The van der Waals surface area contributed by atoms with E-state index in [1.807, 2.05) is 7.05 Å². The van der Waals surface area contributed by atoms with Gasteiger partial charge in [-0.2, -0.15) is 0 Å². The normalized spacial score (nSPS) is 13.4. The average Bonchev–Trinajstić information content (AvgIpc) is 1.99. The van der Waals surface area contributed by atoms with E-state index in [1.54, 1.807) is 7.11 Å². The number of methoxy groups -OCH3 is 1. The highest BCUT2D eigenvalue weighted by molar-refractivity contribution is 4.61. The molecule has 0 radical (unpaired) electrons. The SMILES string of the molecule is CNCC(C)NCCCOC. The molecule has 0 aliphatic rings. The third kappa shape index (κ3) is 7.78. The first-order chi connectivity index (χ1) is 5.31. The van der Waals surface area contributed by atoms with Gasteiger partial charge in [0.05, 0.1) is 0 Å². The number of likely N-dealkylation sites (N-methyl/N-ethyl adjacent to an activating group) is 1. The van der Waals surface area contributed by atoms with E-state index in [-0.39, 0.29) is 0 Å². The largest absolute Gasteiger partial charge is 0.385 e. The molecular formula is C8H20N2O. The van der Waals surface area contributed by atoms with Gasteiger partial charge in [0, 0.05) is 26.3 Å². The number of rotatable bonds is 7. The van der Waals surface area contributed by atoms with Crippen molar-refractivity contribution in [2.75, 3.05) is 33.9 Å². The van der Waals surface area contributed by atoms with Crippen molar-refractivity contribution in [1.82, 2.24) is 10.6 Å². The van der Waals surface area contributed by atoms with Crippen LogP contribution in [-0.4, -0.2) is 39.9 Å². The van der Waals surface area contributed by atoms with Crippen LogP contribution in [-0.2, 0) is 4.74 Å². The number of ether oxygens (including phenoxy) is 1. The second-order valence-corrected chi connectivity index (χ2v) is 2.76. The molecule has 0 spiro atoms. The zero-order valence-corrected chi connectivity index (χ0v) is 7.81. The third-order valence-electron chi connectivity index (χ3n) is 1.53. The Morgan fingerprint density at radius 3 is 2.73 bits per heavy atom. The van der Waals surface area contributed by atoms with Gasteiger partial charge in [0.15, 0.2) is 0 Å². The van der Waals surface area contributed by atoms with E-state index in [0.717, 1.165) is 26.1 Å². The second kappa shape index (κ2) is 7.98. The lowest BCUT2D eigenvalue weighted by Crippen LogP contribution is -2.35. The lowest BCUT2D eigenvalue weighted by Gasteiger charge is -2.12. The lowest BCUT2D eigenvalue weighted by atomic mass is 10.3. The molecule has 2 N–H and O–H groups in total. The fourth-order valence-corrected chi connectivity index (χ4v) is 0.943. The molecular weight excluding hydrogens is 140 g/mol. The quantitative estimate of drug-likeness (QED) is 0.523. The summed E-state index contributed by atoms with van der Waals surface area (Å²) in [5.74, 6) is 0. The topological polar surface area (TPSA) is 33.3 Å². The van der Waals surface area contributed by atoms with Gasteiger partial charge in [0.2, 0.25) is 0 Å². The average molecular weight is 160 g/mol. The molecule has 0 aromatic rings. The molecule has 0 heterocycles. The molecule has 0 aromatic carbocycles. The number of hydrogen-bond acceptors (Lipinski definition) is 3. The van der Waals surface area contributed by atoms with Gasteiger partial charge in [-0.15, -0.1) is 0 Å². The molecule has 0 saturated carbocycles. The maximum absolute atomic E-state index is 4.93. The molecule has 0 saturated heterocycles. The molecule has 1 atom stereocenters. The fraction of sp³-hybridized carbons (Fsp3) is 1.00. The van der Waals surface area contributed by atoms with Gasteiger partial charge in [-0.25, -0.2) is 0 Å². The molecule has 0 bridgehead atoms. The Morgan fingerprint density at radius 1 is 1.45 bits per heavy atom. The van der Waals surface area contributed by atoms with E-state index in [1.165, 1.54) is 0 Å². The van der Waals surface area contributed by atoms with Crippen LogP contribution in [0.3, 0.4) is 0 Å². The zero-order chi connectivity index (χ0) is 8.53. The van der Waals surface area contributed by atoms with Gasteiger partial charge in [-0.05, 0) is 26.9 Å². The summed E-state index contributed by atoms with van der Waals surface area (Å²) in [6.45, 7) is 5.08. The molecule has 0 rings (SSSR count). The monoisotopic (exact) mass is 160 g/mol. The molecule has 0 aromatic heterocycles. The molecule has 11 heavy (non-hydrogen) atoms. The Hall–Kier alpha value is -0.120. The first kappa shape index (κ1) is 10.9. The van der Waals surface area contributed by atoms with Crippen molar-refractivity contribution in [2.24, 2.45) is 0 Å². The molecule has 0 amide bonds. The van der Waals surface area contributed by atoms with Crippen LogP contribution in [0, 0.1) is 0 Å². The van der Waals surface area contributed by atoms with Crippen LogP contribution in [0.1, 0.15) is 13.3 Å². The highest BCUT2D eigenvalue weighted by Gasteiger charge is 1.96. The van der Waals surface area contributed by atoms with Gasteiger partial charge in [0.25, 0.3) is 0 Å². The minimum absolute atomic E-state index is 0.553. The predicted octanol–water partition coefficient (Wildman–Crippen LogP) is 0.220. The highest BCUT2D eigenvalue weighted by Crippen LogP contribution is 1.81. The molecule has 3 nitrogen and oxygen atoms in total. The van der Waals surface area contributed by atoms with Crippen molar-refractivity contribution in [3.8, 4) is 0 Å².